The number of rotatable bonds is 7. The van der Waals surface area contributed by atoms with E-state index in [4.69, 9.17) is 9.47 Å². The van der Waals surface area contributed by atoms with Gasteiger partial charge in [0.1, 0.15) is 30.0 Å². The van der Waals surface area contributed by atoms with Gasteiger partial charge < -0.3 is 19.1 Å². The summed E-state index contributed by atoms with van der Waals surface area (Å²) in [6.07, 6.45) is 0.0503. The van der Waals surface area contributed by atoms with Gasteiger partial charge in [0, 0.05) is 6.07 Å². The summed E-state index contributed by atoms with van der Waals surface area (Å²) in [7, 11) is 1.63. The summed E-state index contributed by atoms with van der Waals surface area (Å²) < 4.78 is 13.1. The van der Waals surface area contributed by atoms with Crippen molar-refractivity contribution in [1.82, 2.24) is 9.55 Å². The predicted octanol–water partition coefficient (Wildman–Crippen LogP) is 3.57. The van der Waals surface area contributed by atoms with Crippen molar-refractivity contribution in [3.8, 4) is 11.5 Å². The highest BCUT2D eigenvalue weighted by atomic mass is 16.5. The molecule has 1 N–H and O–H groups in total. The largest absolute Gasteiger partial charge is 0.497 e. The van der Waals surface area contributed by atoms with E-state index in [-0.39, 0.29) is 0 Å². The highest BCUT2D eigenvalue weighted by Crippen LogP contribution is 2.23. The van der Waals surface area contributed by atoms with Crippen LogP contribution >= 0.6 is 0 Å². The van der Waals surface area contributed by atoms with Crippen LogP contribution in [0.5, 0.6) is 11.5 Å². The van der Waals surface area contributed by atoms with Crippen LogP contribution in [0.1, 0.15) is 25.3 Å². The first kappa shape index (κ1) is 16.3. The Hall–Kier alpha value is -2.53. The van der Waals surface area contributed by atoms with E-state index in [1.165, 1.54) is 0 Å². The summed E-state index contributed by atoms with van der Waals surface area (Å²) in [6.45, 7) is 3.04. The van der Waals surface area contributed by atoms with Crippen LogP contribution in [0.15, 0.2) is 48.5 Å². The van der Waals surface area contributed by atoms with E-state index in [1.807, 2.05) is 60.0 Å². The number of imidazole rings is 1. The van der Waals surface area contributed by atoms with Gasteiger partial charge in [0.2, 0.25) is 0 Å². The Kier molecular flexibility index (Phi) is 5.01. The molecule has 0 fully saturated rings. The zero-order valence-corrected chi connectivity index (χ0v) is 14.0. The average Bonchev–Trinajstić information content (AvgIpc) is 3.00. The zero-order chi connectivity index (χ0) is 16.9. The van der Waals surface area contributed by atoms with Crippen LogP contribution in [-0.4, -0.2) is 28.4 Å². The van der Waals surface area contributed by atoms with E-state index in [0.29, 0.717) is 25.4 Å². The fourth-order valence-corrected chi connectivity index (χ4v) is 2.71. The average molecular weight is 326 g/mol. The molecule has 1 atom stereocenters. The number of ether oxygens (including phenoxy) is 2. The molecule has 0 spiro atoms. The summed E-state index contributed by atoms with van der Waals surface area (Å²) in [6, 6.07) is 15.4. The highest BCUT2D eigenvalue weighted by molar-refractivity contribution is 5.76. The van der Waals surface area contributed by atoms with Crippen molar-refractivity contribution in [2.45, 2.75) is 26.0 Å². The van der Waals surface area contributed by atoms with E-state index >= 15 is 0 Å². The van der Waals surface area contributed by atoms with E-state index in [0.717, 1.165) is 22.5 Å². The molecule has 0 amide bonds. The van der Waals surface area contributed by atoms with Gasteiger partial charge in [-0.3, -0.25) is 0 Å². The highest BCUT2D eigenvalue weighted by Gasteiger charge is 2.16. The third-order valence-corrected chi connectivity index (χ3v) is 3.99. The van der Waals surface area contributed by atoms with Gasteiger partial charge in [-0.05, 0) is 30.7 Å². The van der Waals surface area contributed by atoms with Crippen LogP contribution in [0, 0.1) is 0 Å². The SMILES string of the molecule is CCC(O)c1nc2ccccc2n1CCOc1cccc(OC)c1. The van der Waals surface area contributed by atoms with Crippen molar-refractivity contribution in [2.75, 3.05) is 13.7 Å². The van der Waals surface area contributed by atoms with Crippen molar-refractivity contribution in [1.29, 1.82) is 0 Å². The topological polar surface area (TPSA) is 56.5 Å². The lowest BCUT2D eigenvalue weighted by Crippen LogP contribution is -2.13. The fourth-order valence-electron chi connectivity index (χ4n) is 2.71. The Morgan fingerprint density at radius 3 is 2.71 bits per heavy atom. The standard InChI is InChI=1S/C19H22N2O3/c1-3-18(22)19-20-16-9-4-5-10-17(16)21(19)11-12-24-15-8-6-7-14(13-15)23-2/h4-10,13,18,22H,3,11-12H2,1-2H3. The van der Waals surface area contributed by atoms with Crippen molar-refractivity contribution >= 4 is 11.0 Å². The number of hydrogen-bond acceptors (Lipinski definition) is 4. The number of fused-ring (bicyclic) bond motifs is 1. The van der Waals surface area contributed by atoms with Crippen molar-refractivity contribution in [3.05, 3.63) is 54.4 Å². The molecule has 5 heteroatoms. The molecule has 0 aliphatic heterocycles. The van der Waals surface area contributed by atoms with Crippen LogP contribution in [0.3, 0.4) is 0 Å². The first-order chi connectivity index (χ1) is 11.7. The maximum atomic E-state index is 10.3. The Bertz CT molecular complexity index is 813. The Morgan fingerprint density at radius 1 is 1.12 bits per heavy atom. The molecule has 0 radical (unpaired) electrons. The van der Waals surface area contributed by atoms with Gasteiger partial charge in [-0.1, -0.05) is 25.1 Å². The molecule has 1 unspecified atom stereocenters. The molecule has 1 aromatic heterocycles. The Balaban J connectivity index is 1.78. The third-order valence-electron chi connectivity index (χ3n) is 3.99. The van der Waals surface area contributed by atoms with Gasteiger partial charge in [-0.15, -0.1) is 0 Å². The minimum absolute atomic E-state index is 0.483. The maximum Gasteiger partial charge on any atom is 0.138 e. The molecule has 2 aromatic carbocycles. The molecule has 3 aromatic rings. The van der Waals surface area contributed by atoms with Crippen molar-refractivity contribution in [2.24, 2.45) is 0 Å². The summed E-state index contributed by atoms with van der Waals surface area (Å²) in [5.41, 5.74) is 1.90. The Morgan fingerprint density at radius 2 is 1.92 bits per heavy atom. The predicted molar refractivity (Wildman–Crippen MR) is 93.5 cm³/mol. The van der Waals surface area contributed by atoms with Gasteiger partial charge >= 0.3 is 0 Å². The van der Waals surface area contributed by atoms with Crippen molar-refractivity contribution in [3.63, 3.8) is 0 Å². The molecule has 0 aliphatic carbocycles. The number of aromatic nitrogens is 2. The molecule has 126 valence electrons. The molecule has 3 rings (SSSR count). The van der Waals surface area contributed by atoms with Crippen LogP contribution in [0.2, 0.25) is 0 Å². The van der Waals surface area contributed by atoms with Crippen LogP contribution in [-0.2, 0) is 6.54 Å². The summed E-state index contributed by atoms with van der Waals surface area (Å²) in [5.74, 6) is 2.21. The van der Waals surface area contributed by atoms with E-state index < -0.39 is 6.10 Å². The molecule has 0 aliphatic rings. The molecular weight excluding hydrogens is 304 g/mol. The van der Waals surface area contributed by atoms with Crippen molar-refractivity contribution < 1.29 is 14.6 Å². The van der Waals surface area contributed by atoms with Gasteiger partial charge in [0.05, 0.1) is 24.7 Å². The quantitative estimate of drug-likeness (QED) is 0.721. The number of hydrogen-bond donors (Lipinski definition) is 1. The normalized spacial score (nSPS) is 12.3. The molecule has 1 heterocycles. The van der Waals surface area contributed by atoms with E-state index in [9.17, 15) is 5.11 Å². The summed E-state index contributed by atoms with van der Waals surface area (Å²) in [4.78, 5) is 4.57. The molecule has 5 nitrogen and oxygen atoms in total. The molecular formula is C19H22N2O3. The van der Waals surface area contributed by atoms with Gasteiger partial charge in [-0.25, -0.2) is 4.98 Å². The summed E-state index contributed by atoms with van der Waals surface area (Å²) >= 11 is 0. The monoisotopic (exact) mass is 326 g/mol. The number of para-hydroxylation sites is 2. The molecule has 0 saturated heterocycles. The number of benzene rings is 2. The Labute approximate surface area is 141 Å². The third kappa shape index (κ3) is 3.36. The summed E-state index contributed by atoms with van der Waals surface area (Å²) in [5, 5.41) is 10.3. The minimum Gasteiger partial charge on any atom is -0.497 e. The smallest absolute Gasteiger partial charge is 0.138 e. The molecule has 24 heavy (non-hydrogen) atoms. The molecule has 0 bridgehead atoms. The van der Waals surface area contributed by atoms with Crippen LogP contribution in [0.4, 0.5) is 0 Å². The number of methoxy groups -OCH3 is 1. The second-order valence-corrected chi connectivity index (χ2v) is 5.56. The number of aliphatic hydroxyl groups excluding tert-OH is 1. The van der Waals surface area contributed by atoms with Gasteiger partial charge in [-0.2, -0.15) is 0 Å². The van der Waals surface area contributed by atoms with E-state index in [1.54, 1.807) is 7.11 Å². The minimum atomic E-state index is -0.575. The lowest BCUT2D eigenvalue weighted by molar-refractivity contribution is 0.157. The first-order valence-electron chi connectivity index (χ1n) is 8.13. The zero-order valence-electron chi connectivity index (χ0n) is 14.0. The lowest BCUT2D eigenvalue weighted by atomic mass is 10.2. The first-order valence-corrected chi connectivity index (χ1v) is 8.13. The number of aliphatic hydroxyl groups is 1. The second kappa shape index (κ2) is 7.36. The fraction of sp³-hybridized carbons (Fsp3) is 0.316. The lowest BCUT2D eigenvalue weighted by Gasteiger charge is -2.13. The van der Waals surface area contributed by atoms with Crippen LogP contribution < -0.4 is 9.47 Å². The van der Waals surface area contributed by atoms with E-state index in [2.05, 4.69) is 4.98 Å². The van der Waals surface area contributed by atoms with Gasteiger partial charge in [0.25, 0.3) is 0 Å². The van der Waals surface area contributed by atoms with Crippen LogP contribution in [0.25, 0.3) is 11.0 Å². The van der Waals surface area contributed by atoms with Gasteiger partial charge in [0.15, 0.2) is 0 Å². The number of nitrogens with zero attached hydrogens (tertiary/aromatic N) is 2. The second-order valence-electron chi connectivity index (χ2n) is 5.56. The maximum absolute atomic E-state index is 10.3. The molecule has 0 saturated carbocycles.